The summed E-state index contributed by atoms with van der Waals surface area (Å²) in [5.41, 5.74) is 9.30. The molecule has 3 atom stereocenters. The SMILES string of the molecule is Cn1cc(C2CCNC3NNCC32)c(-c2ccc(F)cn2)n1. The zero-order valence-electron chi connectivity index (χ0n) is 12.4. The summed E-state index contributed by atoms with van der Waals surface area (Å²) in [7, 11) is 1.92. The Kier molecular flexibility index (Phi) is 3.40. The first-order chi connectivity index (χ1) is 10.7. The minimum atomic E-state index is -0.327. The maximum Gasteiger partial charge on any atom is 0.141 e. The number of hydrogen-bond acceptors (Lipinski definition) is 5. The van der Waals surface area contributed by atoms with Crippen molar-refractivity contribution >= 4 is 0 Å². The molecule has 0 bridgehead atoms. The van der Waals surface area contributed by atoms with E-state index in [-0.39, 0.29) is 12.0 Å². The summed E-state index contributed by atoms with van der Waals surface area (Å²) < 4.78 is 14.9. The molecule has 0 saturated carbocycles. The summed E-state index contributed by atoms with van der Waals surface area (Å²) in [6, 6.07) is 3.13. The molecule has 3 unspecified atom stereocenters. The highest BCUT2D eigenvalue weighted by Gasteiger charge is 2.39. The highest BCUT2D eigenvalue weighted by molar-refractivity contribution is 5.59. The Balaban J connectivity index is 1.74. The van der Waals surface area contributed by atoms with Gasteiger partial charge in [-0.3, -0.25) is 15.1 Å². The number of hydrogen-bond donors (Lipinski definition) is 3. The van der Waals surface area contributed by atoms with Crippen LogP contribution in [0, 0.1) is 11.7 Å². The Morgan fingerprint density at radius 2 is 2.27 bits per heavy atom. The van der Waals surface area contributed by atoms with E-state index in [0.29, 0.717) is 11.8 Å². The van der Waals surface area contributed by atoms with Crippen molar-refractivity contribution in [1.29, 1.82) is 0 Å². The van der Waals surface area contributed by atoms with Crippen molar-refractivity contribution in [2.45, 2.75) is 18.5 Å². The summed E-state index contributed by atoms with van der Waals surface area (Å²) in [6.07, 6.45) is 4.67. The van der Waals surface area contributed by atoms with E-state index in [1.165, 1.54) is 17.8 Å². The fourth-order valence-corrected chi connectivity index (χ4v) is 3.58. The van der Waals surface area contributed by atoms with Crippen molar-refractivity contribution < 1.29 is 4.39 Å². The van der Waals surface area contributed by atoms with Crippen LogP contribution >= 0.6 is 0 Å². The molecule has 0 radical (unpaired) electrons. The van der Waals surface area contributed by atoms with Crippen LogP contribution in [0.4, 0.5) is 4.39 Å². The fraction of sp³-hybridized carbons (Fsp3) is 0.467. The van der Waals surface area contributed by atoms with Crippen LogP contribution in [-0.2, 0) is 7.05 Å². The maximum absolute atomic E-state index is 13.1. The number of halogens is 1. The van der Waals surface area contributed by atoms with Crippen molar-refractivity contribution in [3.63, 3.8) is 0 Å². The molecule has 6 nitrogen and oxygen atoms in total. The molecule has 7 heteroatoms. The molecule has 0 spiro atoms. The van der Waals surface area contributed by atoms with Crippen LogP contribution in [0.1, 0.15) is 17.9 Å². The van der Waals surface area contributed by atoms with Gasteiger partial charge in [-0.2, -0.15) is 5.10 Å². The Bertz CT molecular complexity index is 667. The number of pyridine rings is 1. The third kappa shape index (κ3) is 2.31. The van der Waals surface area contributed by atoms with Gasteiger partial charge in [0.25, 0.3) is 0 Å². The molecule has 0 aromatic carbocycles. The smallest absolute Gasteiger partial charge is 0.141 e. The summed E-state index contributed by atoms with van der Waals surface area (Å²) in [4.78, 5) is 4.21. The van der Waals surface area contributed by atoms with Gasteiger partial charge in [-0.1, -0.05) is 0 Å². The molecule has 116 valence electrons. The molecule has 2 aromatic heterocycles. The first kappa shape index (κ1) is 13.8. The van der Waals surface area contributed by atoms with Crippen molar-refractivity contribution in [2.24, 2.45) is 13.0 Å². The summed E-state index contributed by atoms with van der Waals surface area (Å²) in [5.74, 6) is 0.550. The number of nitrogens with one attached hydrogen (secondary N) is 3. The minimum Gasteiger partial charge on any atom is -0.301 e. The van der Waals surface area contributed by atoms with Gasteiger partial charge >= 0.3 is 0 Å². The molecular weight excluding hydrogens is 283 g/mol. The van der Waals surface area contributed by atoms with E-state index < -0.39 is 0 Å². The number of aromatic nitrogens is 3. The predicted octanol–water partition coefficient (Wildman–Crippen LogP) is 0.748. The molecular formula is C15H19FN6. The molecule has 4 heterocycles. The van der Waals surface area contributed by atoms with E-state index >= 15 is 0 Å². The largest absolute Gasteiger partial charge is 0.301 e. The van der Waals surface area contributed by atoms with E-state index in [0.717, 1.165) is 30.9 Å². The summed E-state index contributed by atoms with van der Waals surface area (Å²) in [5, 5.41) is 8.06. The molecule has 3 N–H and O–H groups in total. The van der Waals surface area contributed by atoms with Gasteiger partial charge in [0.05, 0.1) is 18.1 Å². The molecule has 0 aliphatic carbocycles. The number of aryl methyl sites for hydroxylation is 1. The van der Waals surface area contributed by atoms with Gasteiger partial charge in [0.15, 0.2) is 0 Å². The second kappa shape index (κ2) is 5.42. The predicted molar refractivity (Wildman–Crippen MR) is 80.2 cm³/mol. The second-order valence-corrected chi connectivity index (χ2v) is 5.98. The Labute approximate surface area is 128 Å². The topological polar surface area (TPSA) is 66.8 Å². The third-order valence-corrected chi connectivity index (χ3v) is 4.59. The molecule has 2 aromatic rings. The average molecular weight is 302 g/mol. The Morgan fingerprint density at radius 1 is 1.36 bits per heavy atom. The van der Waals surface area contributed by atoms with Crippen LogP contribution in [0.5, 0.6) is 0 Å². The first-order valence-electron chi connectivity index (χ1n) is 7.59. The highest BCUT2D eigenvalue weighted by atomic mass is 19.1. The highest BCUT2D eigenvalue weighted by Crippen LogP contribution is 2.37. The van der Waals surface area contributed by atoms with Crippen molar-refractivity contribution in [1.82, 2.24) is 30.9 Å². The zero-order valence-corrected chi connectivity index (χ0v) is 12.4. The standard InChI is InChI=1S/C15H19FN6/c1-22-8-12(10-4-5-17-15-11(10)7-19-20-15)14(21-22)13-3-2-9(16)6-18-13/h2-3,6,8,10-11,15,17,19-20H,4-5,7H2,1H3. The lowest BCUT2D eigenvalue weighted by atomic mass is 9.80. The van der Waals surface area contributed by atoms with Crippen molar-refractivity contribution in [3.05, 3.63) is 35.9 Å². The lowest BCUT2D eigenvalue weighted by Gasteiger charge is -2.33. The van der Waals surface area contributed by atoms with Gasteiger partial charge in [-0.25, -0.2) is 9.82 Å². The molecule has 2 aliphatic rings. The molecule has 22 heavy (non-hydrogen) atoms. The van der Waals surface area contributed by atoms with Crippen LogP contribution < -0.4 is 16.2 Å². The minimum absolute atomic E-state index is 0.285. The molecule has 2 fully saturated rings. The third-order valence-electron chi connectivity index (χ3n) is 4.59. The molecule has 0 amide bonds. The van der Waals surface area contributed by atoms with Crippen LogP contribution in [0.2, 0.25) is 0 Å². The lowest BCUT2D eigenvalue weighted by Crippen LogP contribution is -2.49. The first-order valence-corrected chi connectivity index (χ1v) is 7.59. The Hall–Kier alpha value is -1.83. The number of nitrogens with zero attached hydrogens (tertiary/aromatic N) is 3. The zero-order chi connectivity index (χ0) is 15.1. The van der Waals surface area contributed by atoms with Crippen molar-refractivity contribution in [2.75, 3.05) is 13.1 Å². The van der Waals surface area contributed by atoms with E-state index in [2.05, 4.69) is 32.4 Å². The van der Waals surface area contributed by atoms with E-state index in [1.54, 1.807) is 6.07 Å². The number of fused-ring (bicyclic) bond motifs is 1. The van der Waals surface area contributed by atoms with Gasteiger partial charge in [-0.15, -0.1) is 0 Å². The molecule has 2 saturated heterocycles. The van der Waals surface area contributed by atoms with Crippen LogP contribution in [0.3, 0.4) is 0 Å². The van der Waals surface area contributed by atoms with E-state index in [9.17, 15) is 4.39 Å². The number of hydrazine groups is 1. The van der Waals surface area contributed by atoms with Crippen LogP contribution in [0.25, 0.3) is 11.4 Å². The van der Waals surface area contributed by atoms with Crippen LogP contribution in [0.15, 0.2) is 24.5 Å². The van der Waals surface area contributed by atoms with Gasteiger partial charge < -0.3 is 5.32 Å². The fourth-order valence-electron chi connectivity index (χ4n) is 3.58. The summed E-state index contributed by atoms with van der Waals surface area (Å²) >= 11 is 0. The monoisotopic (exact) mass is 302 g/mol. The van der Waals surface area contributed by atoms with Crippen molar-refractivity contribution in [3.8, 4) is 11.4 Å². The normalized spacial score (nSPS) is 27.8. The number of piperidine rings is 1. The lowest BCUT2D eigenvalue weighted by molar-refractivity contribution is 0.271. The second-order valence-electron chi connectivity index (χ2n) is 5.98. The van der Waals surface area contributed by atoms with E-state index in [1.807, 2.05) is 11.7 Å². The van der Waals surface area contributed by atoms with Gasteiger partial charge in [0.2, 0.25) is 0 Å². The van der Waals surface area contributed by atoms with Crippen LogP contribution in [-0.4, -0.2) is 34.0 Å². The molecule has 2 aliphatic heterocycles. The van der Waals surface area contributed by atoms with E-state index in [4.69, 9.17) is 0 Å². The summed E-state index contributed by atoms with van der Waals surface area (Å²) in [6.45, 7) is 1.89. The van der Waals surface area contributed by atoms with Gasteiger partial charge in [0.1, 0.15) is 11.5 Å². The van der Waals surface area contributed by atoms with Gasteiger partial charge in [-0.05, 0) is 31.0 Å². The van der Waals surface area contributed by atoms with Gasteiger partial charge in [0, 0.05) is 31.3 Å². The quantitative estimate of drug-likeness (QED) is 0.764. The maximum atomic E-state index is 13.1. The Morgan fingerprint density at radius 3 is 3.09 bits per heavy atom. The molecule has 4 rings (SSSR count). The average Bonchev–Trinajstić information content (AvgIpc) is 3.14. The number of rotatable bonds is 2.